The second kappa shape index (κ2) is 5.55. The number of aromatic hydroxyl groups is 1. The van der Waals surface area contributed by atoms with E-state index in [-0.39, 0.29) is 6.54 Å². The average Bonchev–Trinajstić information content (AvgIpc) is 2.42. The Bertz CT molecular complexity index is 763. The fourth-order valence-corrected chi connectivity index (χ4v) is 1.87. The van der Waals surface area contributed by atoms with Crippen molar-refractivity contribution >= 4 is 5.97 Å². The molecule has 0 amide bonds. The molecule has 0 aliphatic carbocycles. The lowest BCUT2D eigenvalue weighted by atomic mass is 10.1. The number of halogens is 3. The zero-order chi connectivity index (χ0) is 16.5. The molecule has 1 heterocycles. The number of hydrogen-bond donors (Lipinski definition) is 2. The van der Waals surface area contributed by atoms with Crippen LogP contribution in [0, 0.1) is 0 Å². The lowest BCUT2D eigenvalue weighted by molar-refractivity contribution is -0.137. The molecule has 0 fully saturated rings. The van der Waals surface area contributed by atoms with Crippen LogP contribution in [-0.4, -0.2) is 20.7 Å². The maximum absolute atomic E-state index is 12.4. The minimum Gasteiger partial charge on any atom is -0.503 e. The van der Waals surface area contributed by atoms with Gasteiger partial charge in [-0.3, -0.25) is 4.79 Å². The normalized spacial score (nSPS) is 11.4. The molecule has 0 atom stereocenters. The zero-order valence-electron chi connectivity index (χ0n) is 11.0. The Morgan fingerprint density at radius 2 is 1.73 bits per heavy atom. The number of carboxylic acid groups (broad SMARTS) is 1. The summed E-state index contributed by atoms with van der Waals surface area (Å²) < 4.78 is 38.6. The molecule has 8 heteroatoms. The SMILES string of the molecule is O=C(O)c1cn(Cc2ccc(C(F)(F)F)cc2)cc(O)c1=O. The van der Waals surface area contributed by atoms with Crippen molar-refractivity contribution in [1.82, 2.24) is 4.57 Å². The van der Waals surface area contributed by atoms with Gasteiger partial charge in [-0.1, -0.05) is 12.1 Å². The molecule has 0 saturated carbocycles. The largest absolute Gasteiger partial charge is 0.503 e. The first-order valence-corrected chi connectivity index (χ1v) is 6.01. The lowest BCUT2D eigenvalue weighted by Crippen LogP contribution is -2.17. The van der Waals surface area contributed by atoms with E-state index < -0.39 is 34.5 Å². The molecule has 0 unspecified atom stereocenters. The first kappa shape index (κ1) is 15.6. The van der Waals surface area contributed by atoms with Crippen LogP contribution in [0.25, 0.3) is 0 Å². The van der Waals surface area contributed by atoms with Gasteiger partial charge in [-0.2, -0.15) is 13.2 Å². The van der Waals surface area contributed by atoms with Crippen molar-refractivity contribution in [3.63, 3.8) is 0 Å². The van der Waals surface area contributed by atoms with Crippen molar-refractivity contribution < 1.29 is 28.2 Å². The number of aromatic carboxylic acids is 1. The molecule has 1 aromatic heterocycles. The number of pyridine rings is 1. The molecule has 5 nitrogen and oxygen atoms in total. The molecular weight excluding hydrogens is 303 g/mol. The van der Waals surface area contributed by atoms with E-state index in [1.54, 1.807) is 0 Å². The van der Waals surface area contributed by atoms with Gasteiger partial charge in [0.2, 0.25) is 5.43 Å². The Labute approximate surface area is 121 Å². The summed E-state index contributed by atoms with van der Waals surface area (Å²) in [5.74, 6) is -2.24. The third-order valence-corrected chi connectivity index (χ3v) is 2.94. The van der Waals surface area contributed by atoms with E-state index in [9.17, 15) is 27.9 Å². The van der Waals surface area contributed by atoms with E-state index in [1.807, 2.05) is 0 Å². The minimum absolute atomic E-state index is 0.00621. The molecule has 1 aromatic carbocycles. The molecule has 2 aromatic rings. The molecule has 0 saturated heterocycles. The maximum atomic E-state index is 12.4. The molecule has 0 bridgehead atoms. The Morgan fingerprint density at radius 1 is 1.14 bits per heavy atom. The summed E-state index contributed by atoms with van der Waals surface area (Å²) >= 11 is 0. The first-order chi connectivity index (χ1) is 10.2. The van der Waals surface area contributed by atoms with E-state index in [0.29, 0.717) is 5.56 Å². The van der Waals surface area contributed by atoms with E-state index >= 15 is 0 Å². The molecule has 2 N–H and O–H groups in total. The highest BCUT2D eigenvalue weighted by Gasteiger charge is 2.29. The number of carboxylic acids is 1. The van der Waals surface area contributed by atoms with E-state index in [4.69, 9.17) is 5.11 Å². The quantitative estimate of drug-likeness (QED) is 0.911. The number of benzene rings is 1. The number of alkyl halides is 3. The first-order valence-electron chi connectivity index (χ1n) is 6.01. The Morgan fingerprint density at radius 3 is 2.23 bits per heavy atom. The maximum Gasteiger partial charge on any atom is 0.416 e. The van der Waals surface area contributed by atoms with Gasteiger partial charge in [-0.15, -0.1) is 0 Å². The summed E-state index contributed by atoms with van der Waals surface area (Å²) in [6.07, 6.45) is -2.40. The molecule has 0 aliphatic rings. The van der Waals surface area contributed by atoms with E-state index in [1.165, 1.54) is 16.7 Å². The fraction of sp³-hybridized carbons (Fsp3) is 0.143. The summed E-state index contributed by atoms with van der Waals surface area (Å²) in [6, 6.07) is 4.27. The van der Waals surface area contributed by atoms with Crippen LogP contribution in [0.15, 0.2) is 41.5 Å². The Balaban J connectivity index is 2.31. The Hall–Kier alpha value is -2.77. The van der Waals surface area contributed by atoms with Gasteiger partial charge >= 0.3 is 12.1 Å². The average molecular weight is 313 g/mol. The molecule has 0 spiro atoms. The Kier molecular flexibility index (Phi) is 3.94. The smallest absolute Gasteiger partial charge is 0.416 e. The van der Waals surface area contributed by atoms with Crippen LogP contribution in [0.5, 0.6) is 5.75 Å². The number of nitrogens with zero attached hydrogens (tertiary/aromatic N) is 1. The van der Waals surface area contributed by atoms with Crippen molar-refractivity contribution in [2.24, 2.45) is 0 Å². The van der Waals surface area contributed by atoms with Crippen LogP contribution in [-0.2, 0) is 12.7 Å². The third kappa shape index (κ3) is 3.27. The van der Waals surface area contributed by atoms with Gasteiger partial charge < -0.3 is 14.8 Å². The molecule has 0 aliphatic heterocycles. The topological polar surface area (TPSA) is 79.5 Å². The number of rotatable bonds is 3. The van der Waals surface area contributed by atoms with Crippen LogP contribution in [0.4, 0.5) is 13.2 Å². The fourth-order valence-electron chi connectivity index (χ4n) is 1.87. The summed E-state index contributed by atoms with van der Waals surface area (Å²) in [6.45, 7) is 0.00621. The second-order valence-corrected chi connectivity index (χ2v) is 4.56. The zero-order valence-corrected chi connectivity index (χ0v) is 11.0. The van der Waals surface area contributed by atoms with Gasteiger partial charge in [0.15, 0.2) is 5.75 Å². The van der Waals surface area contributed by atoms with Gasteiger partial charge in [-0.05, 0) is 17.7 Å². The summed E-state index contributed by atoms with van der Waals surface area (Å²) in [4.78, 5) is 22.3. The minimum atomic E-state index is -4.44. The summed E-state index contributed by atoms with van der Waals surface area (Å²) in [5.41, 5.74) is -1.99. The molecular formula is C14H10F3NO4. The second-order valence-electron chi connectivity index (χ2n) is 4.56. The van der Waals surface area contributed by atoms with Crippen molar-refractivity contribution in [3.8, 4) is 5.75 Å². The van der Waals surface area contributed by atoms with Gasteiger partial charge in [0.25, 0.3) is 0 Å². The summed E-state index contributed by atoms with van der Waals surface area (Å²) in [7, 11) is 0. The van der Waals surface area contributed by atoms with Crippen molar-refractivity contribution in [2.75, 3.05) is 0 Å². The highest BCUT2D eigenvalue weighted by atomic mass is 19.4. The van der Waals surface area contributed by atoms with Crippen LogP contribution < -0.4 is 5.43 Å². The highest BCUT2D eigenvalue weighted by Crippen LogP contribution is 2.29. The van der Waals surface area contributed by atoms with Gasteiger partial charge in [0, 0.05) is 12.7 Å². The number of hydrogen-bond acceptors (Lipinski definition) is 3. The van der Waals surface area contributed by atoms with Crippen LogP contribution >= 0.6 is 0 Å². The van der Waals surface area contributed by atoms with Crippen LogP contribution in [0.2, 0.25) is 0 Å². The highest BCUT2D eigenvalue weighted by molar-refractivity contribution is 5.87. The van der Waals surface area contributed by atoms with Gasteiger partial charge in [0.05, 0.1) is 11.8 Å². The predicted molar refractivity (Wildman–Crippen MR) is 69.9 cm³/mol. The van der Waals surface area contributed by atoms with Crippen molar-refractivity contribution in [1.29, 1.82) is 0 Å². The predicted octanol–water partition coefficient (Wildman–Crippen LogP) is 2.32. The van der Waals surface area contributed by atoms with Crippen molar-refractivity contribution in [2.45, 2.75) is 12.7 Å². The molecule has 116 valence electrons. The van der Waals surface area contributed by atoms with Crippen LogP contribution in [0.3, 0.4) is 0 Å². The van der Waals surface area contributed by atoms with Gasteiger partial charge in [0.1, 0.15) is 5.56 Å². The monoisotopic (exact) mass is 313 g/mol. The third-order valence-electron chi connectivity index (χ3n) is 2.94. The number of carbonyl (C=O) groups is 1. The molecule has 0 radical (unpaired) electrons. The van der Waals surface area contributed by atoms with E-state index in [2.05, 4.69) is 0 Å². The summed E-state index contributed by atoms with van der Waals surface area (Å²) in [5, 5.41) is 18.3. The van der Waals surface area contributed by atoms with Crippen LogP contribution in [0.1, 0.15) is 21.5 Å². The van der Waals surface area contributed by atoms with Gasteiger partial charge in [-0.25, -0.2) is 4.79 Å². The lowest BCUT2D eigenvalue weighted by Gasteiger charge is -2.10. The molecule has 22 heavy (non-hydrogen) atoms. The van der Waals surface area contributed by atoms with E-state index in [0.717, 1.165) is 24.5 Å². The molecule has 2 rings (SSSR count). The number of aromatic nitrogens is 1. The van der Waals surface area contributed by atoms with Crippen molar-refractivity contribution in [3.05, 3.63) is 63.6 Å². The standard InChI is InChI=1S/C14H10F3NO4/c15-14(16,17)9-3-1-8(2-4-9)5-18-6-10(13(21)22)12(20)11(19)7-18/h1-4,6-7,19H,5H2,(H,21,22).